The highest BCUT2D eigenvalue weighted by Gasteiger charge is 2.28. The fourth-order valence-electron chi connectivity index (χ4n) is 2.58. The second kappa shape index (κ2) is 6.45. The molecule has 0 amide bonds. The number of rotatable bonds is 4. The van der Waals surface area contributed by atoms with Crippen molar-refractivity contribution in [3.8, 4) is 0 Å². The molecule has 1 fully saturated rings. The highest BCUT2D eigenvalue weighted by molar-refractivity contribution is 7.93. The molecule has 1 aromatic heterocycles. The zero-order chi connectivity index (χ0) is 17.3. The summed E-state index contributed by atoms with van der Waals surface area (Å²) in [7, 11) is -1.68. The van der Waals surface area contributed by atoms with Crippen molar-refractivity contribution in [3.63, 3.8) is 0 Å². The summed E-state index contributed by atoms with van der Waals surface area (Å²) in [5.74, 6) is 0.185. The minimum atomic E-state index is -3.20. The maximum atomic E-state index is 12.0. The van der Waals surface area contributed by atoms with E-state index >= 15 is 0 Å². The van der Waals surface area contributed by atoms with Crippen LogP contribution in [0.4, 0.5) is 11.4 Å². The Morgan fingerprint density at radius 1 is 1.38 bits per heavy atom. The first-order valence-electron chi connectivity index (χ1n) is 7.43. The molecule has 1 saturated heterocycles. The Balaban J connectivity index is 1.79. The summed E-state index contributed by atoms with van der Waals surface area (Å²) in [6.07, 6.45) is 2.12. The number of sulfonamides is 1. The first-order chi connectivity index (χ1) is 11.4. The minimum Gasteiger partial charge on any atom is -0.378 e. The Morgan fingerprint density at radius 3 is 2.88 bits per heavy atom. The predicted molar refractivity (Wildman–Crippen MR) is 94.0 cm³/mol. The van der Waals surface area contributed by atoms with E-state index in [0.29, 0.717) is 30.9 Å². The maximum Gasteiger partial charge on any atom is 0.287 e. The molecule has 0 aliphatic carbocycles. The summed E-state index contributed by atoms with van der Waals surface area (Å²) < 4.78 is 26.6. The van der Waals surface area contributed by atoms with Crippen molar-refractivity contribution < 1.29 is 8.42 Å². The van der Waals surface area contributed by atoms with Gasteiger partial charge in [-0.2, -0.15) is 5.10 Å². The van der Waals surface area contributed by atoms with Gasteiger partial charge in [0.2, 0.25) is 10.0 Å². The van der Waals surface area contributed by atoms with Gasteiger partial charge in [-0.15, -0.1) is 0 Å². The normalized spacial score (nSPS) is 16.3. The summed E-state index contributed by atoms with van der Waals surface area (Å²) in [5.41, 5.74) is 1.60. The van der Waals surface area contributed by atoms with Crippen molar-refractivity contribution in [1.29, 1.82) is 0 Å². The molecule has 2 heterocycles. The second-order valence-corrected chi connectivity index (χ2v) is 7.96. The van der Waals surface area contributed by atoms with E-state index in [1.807, 2.05) is 18.2 Å². The summed E-state index contributed by atoms with van der Waals surface area (Å²) in [4.78, 5) is 11.8. The molecular weight excluding hydrogens is 352 g/mol. The van der Waals surface area contributed by atoms with Crippen LogP contribution in [0.3, 0.4) is 0 Å². The van der Waals surface area contributed by atoms with Gasteiger partial charge >= 0.3 is 0 Å². The highest BCUT2D eigenvalue weighted by Crippen LogP contribution is 2.25. The van der Waals surface area contributed by atoms with Crippen molar-refractivity contribution >= 4 is 33.0 Å². The molecule has 1 N–H and O–H groups in total. The van der Waals surface area contributed by atoms with Crippen molar-refractivity contribution in [1.82, 2.24) is 9.78 Å². The van der Waals surface area contributed by atoms with E-state index in [2.05, 4.69) is 10.4 Å². The Morgan fingerprint density at radius 2 is 2.17 bits per heavy atom. The molecule has 0 saturated carbocycles. The highest BCUT2D eigenvalue weighted by atomic mass is 35.5. The van der Waals surface area contributed by atoms with E-state index in [9.17, 15) is 13.2 Å². The largest absolute Gasteiger partial charge is 0.378 e. The van der Waals surface area contributed by atoms with Crippen LogP contribution in [0.25, 0.3) is 0 Å². The topological polar surface area (TPSA) is 84.3 Å². The first kappa shape index (κ1) is 16.8. The number of halogens is 1. The van der Waals surface area contributed by atoms with Gasteiger partial charge in [0.05, 0.1) is 23.3 Å². The van der Waals surface area contributed by atoms with Crippen LogP contribution in [0.15, 0.2) is 35.3 Å². The fourth-order valence-corrected chi connectivity index (χ4v) is 4.38. The molecular formula is C15H17ClN4O3S. The van der Waals surface area contributed by atoms with Crippen LogP contribution < -0.4 is 15.2 Å². The number of aryl methyl sites for hydroxylation is 1. The molecule has 0 radical (unpaired) electrons. The van der Waals surface area contributed by atoms with Gasteiger partial charge in [0.1, 0.15) is 5.02 Å². The zero-order valence-corrected chi connectivity index (χ0v) is 14.6. The lowest BCUT2D eigenvalue weighted by atomic mass is 10.2. The number of benzene rings is 1. The molecule has 7 nitrogen and oxygen atoms in total. The summed E-state index contributed by atoms with van der Waals surface area (Å²) >= 11 is 6.01. The third-order valence-corrected chi connectivity index (χ3v) is 6.09. The Bertz CT molecular complexity index is 927. The smallest absolute Gasteiger partial charge is 0.287 e. The Hall–Kier alpha value is -2.06. The lowest BCUT2D eigenvalue weighted by molar-refractivity contribution is 0.599. The minimum absolute atomic E-state index is 0.0748. The van der Waals surface area contributed by atoms with Crippen LogP contribution in [-0.2, 0) is 23.6 Å². The zero-order valence-electron chi connectivity index (χ0n) is 13.1. The number of hydrogen-bond acceptors (Lipinski definition) is 5. The molecule has 1 aliphatic rings. The molecule has 0 bridgehead atoms. The van der Waals surface area contributed by atoms with Gasteiger partial charge < -0.3 is 5.32 Å². The van der Waals surface area contributed by atoms with Crippen molar-refractivity contribution in [2.24, 2.45) is 7.05 Å². The number of nitrogens with zero attached hydrogens (tertiary/aromatic N) is 3. The Labute approximate surface area is 144 Å². The van der Waals surface area contributed by atoms with Crippen LogP contribution in [0.5, 0.6) is 0 Å². The SMILES string of the molecule is Cn1ncc(NCc2cccc(N3CCCS3(=O)=O)c2)c(Cl)c1=O. The quantitative estimate of drug-likeness (QED) is 0.885. The average Bonchev–Trinajstić information content (AvgIpc) is 2.91. The van der Waals surface area contributed by atoms with E-state index in [0.717, 1.165) is 10.2 Å². The van der Waals surface area contributed by atoms with Crippen LogP contribution in [0.2, 0.25) is 5.02 Å². The van der Waals surface area contributed by atoms with Crippen LogP contribution in [0.1, 0.15) is 12.0 Å². The number of nitrogens with one attached hydrogen (secondary N) is 1. The monoisotopic (exact) mass is 368 g/mol. The van der Waals surface area contributed by atoms with E-state index in [1.165, 1.54) is 17.5 Å². The molecule has 24 heavy (non-hydrogen) atoms. The lowest BCUT2D eigenvalue weighted by Gasteiger charge is -2.18. The molecule has 1 aliphatic heterocycles. The maximum absolute atomic E-state index is 12.0. The molecule has 2 aromatic rings. The van der Waals surface area contributed by atoms with Gasteiger partial charge in [0.15, 0.2) is 0 Å². The number of anilines is 2. The molecule has 9 heteroatoms. The number of hydrogen-bond donors (Lipinski definition) is 1. The van der Waals surface area contributed by atoms with Crippen molar-refractivity contribution in [3.05, 3.63) is 51.4 Å². The third-order valence-electron chi connectivity index (χ3n) is 3.86. The number of aromatic nitrogens is 2. The van der Waals surface area contributed by atoms with Gasteiger partial charge in [-0.1, -0.05) is 23.7 Å². The molecule has 0 unspecified atom stereocenters. The first-order valence-corrected chi connectivity index (χ1v) is 9.42. The van der Waals surface area contributed by atoms with Gasteiger partial charge in [0, 0.05) is 20.1 Å². The van der Waals surface area contributed by atoms with Gasteiger partial charge in [-0.3, -0.25) is 9.10 Å². The van der Waals surface area contributed by atoms with Crippen molar-refractivity contribution in [2.45, 2.75) is 13.0 Å². The van der Waals surface area contributed by atoms with E-state index < -0.39 is 10.0 Å². The standard InChI is InChI=1S/C15H17ClN4O3S/c1-19-15(21)14(16)13(10-18-19)17-9-11-4-2-5-12(8-11)20-6-3-7-24(20,22)23/h2,4-5,8,10,17H,3,6-7,9H2,1H3. The predicted octanol–water partition coefficient (Wildman–Crippen LogP) is 1.59. The van der Waals surface area contributed by atoms with Crippen molar-refractivity contribution in [2.75, 3.05) is 21.9 Å². The van der Waals surface area contributed by atoms with Gasteiger partial charge in [0.25, 0.3) is 5.56 Å². The Kier molecular flexibility index (Phi) is 4.51. The summed E-state index contributed by atoms with van der Waals surface area (Å²) in [6.45, 7) is 0.903. The van der Waals surface area contributed by atoms with Gasteiger partial charge in [-0.05, 0) is 24.1 Å². The lowest BCUT2D eigenvalue weighted by Crippen LogP contribution is -2.25. The second-order valence-electron chi connectivity index (χ2n) is 5.57. The molecule has 0 atom stereocenters. The summed E-state index contributed by atoms with van der Waals surface area (Å²) in [6, 6.07) is 7.28. The fraction of sp³-hybridized carbons (Fsp3) is 0.333. The average molecular weight is 369 g/mol. The van der Waals surface area contributed by atoms with Crippen LogP contribution in [-0.4, -0.2) is 30.5 Å². The molecule has 128 valence electrons. The van der Waals surface area contributed by atoms with E-state index in [4.69, 9.17) is 11.6 Å². The van der Waals surface area contributed by atoms with E-state index in [1.54, 1.807) is 6.07 Å². The molecule has 0 spiro atoms. The van der Waals surface area contributed by atoms with Crippen LogP contribution in [0, 0.1) is 0 Å². The van der Waals surface area contributed by atoms with Crippen LogP contribution >= 0.6 is 11.6 Å². The van der Waals surface area contributed by atoms with Gasteiger partial charge in [-0.25, -0.2) is 13.1 Å². The van der Waals surface area contributed by atoms with E-state index in [-0.39, 0.29) is 16.3 Å². The molecule has 1 aromatic carbocycles. The third kappa shape index (κ3) is 3.25. The summed E-state index contributed by atoms with van der Waals surface area (Å²) in [5, 5.41) is 7.06. The molecule has 3 rings (SSSR count).